The first-order valence-electron chi connectivity index (χ1n) is 9.95. The second-order valence-electron chi connectivity index (χ2n) is 7.14. The van der Waals surface area contributed by atoms with Crippen molar-refractivity contribution in [2.45, 2.75) is 18.4 Å². The van der Waals surface area contributed by atoms with Crippen LogP contribution < -0.4 is 10.0 Å². The molecular formula is C22H21N3O8S. The highest BCUT2D eigenvalue weighted by Gasteiger charge is 2.22. The number of nitro benzene ring substituents is 1. The average molecular weight is 487 g/mol. The minimum atomic E-state index is -4.27. The number of nitro groups is 1. The third-order valence-corrected chi connectivity index (χ3v) is 6.05. The molecule has 1 heterocycles. The maximum atomic E-state index is 12.5. The molecule has 0 unspecified atom stereocenters. The highest BCUT2D eigenvalue weighted by Crippen LogP contribution is 2.28. The maximum Gasteiger partial charge on any atom is 0.321 e. The molecule has 0 atom stereocenters. The van der Waals surface area contributed by atoms with E-state index < -0.39 is 50.4 Å². The molecule has 2 N–H and O–H groups in total. The van der Waals surface area contributed by atoms with E-state index in [-0.39, 0.29) is 12.2 Å². The van der Waals surface area contributed by atoms with Gasteiger partial charge in [-0.15, -0.1) is 0 Å². The first-order chi connectivity index (χ1) is 16.2. The van der Waals surface area contributed by atoms with E-state index in [0.29, 0.717) is 11.3 Å². The van der Waals surface area contributed by atoms with Gasteiger partial charge in [0.1, 0.15) is 18.0 Å². The Bertz CT molecular complexity index is 1290. The number of sulfonamides is 1. The van der Waals surface area contributed by atoms with Crippen molar-refractivity contribution in [1.29, 1.82) is 0 Å². The number of esters is 1. The average Bonchev–Trinajstić information content (AvgIpc) is 3.34. The molecule has 0 aliphatic rings. The zero-order valence-corrected chi connectivity index (χ0v) is 18.8. The van der Waals surface area contributed by atoms with Crippen LogP contribution in [0.3, 0.4) is 0 Å². The molecule has 3 aromatic rings. The third-order valence-electron chi connectivity index (χ3n) is 4.65. The molecule has 3 rings (SSSR count). The number of furan rings is 1. The Morgan fingerprint density at radius 2 is 1.85 bits per heavy atom. The molecule has 0 radical (unpaired) electrons. The van der Waals surface area contributed by atoms with Gasteiger partial charge < -0.3 is 14.5 Å². The smallest absolute Gasteiger partial charge is 0.321 e. The van der Waals surface area contributed by atoms with E-state index in [1.807, 2.05) is 11.6 Å². The van der Waals surface area contributed by atoms with E-state index in [1.54, 1.807) is 36.4 Å². The summed E-state index contributed by atoms with van der Waals surface area (Å²) in [4.78, 5) is 34.3. The van der Waals surface area contributed by atoms with Crippen LogP contribution in [0.2, 0.25) is 0 Å². The normalized spacial score (nSPS) is 11.1. The van der Waals surface area contributed by atoms with Crippen LogP contribution in [0, 0.1) is 17.0 Å². The van der Waals surface area contributed by atoms with Crippen molar-refractivity contribution in [1.82, 2.24) is 4.72 Å². The molecule has 0 aliphatic heterocycles. The van der Waals surface area contributed by atoms with Crippen molar-refractivity contribution >= 4 is 33.2 Å². The minimum Gasteiger partial charge on any atom is -0.467 e. The van der Waals surface area contributed by atoms with Gasteiger partial charge >= 0.3 is 5.97 Å². The molecule has 0 spiro atoms. The third kappa shape index (κ3) is 6.49. The Hall–Kier alpha value is -4.03. The second kappa shape index (κ2) is 10.7. The minimum absolute atomic E-state index is 0.0920. The van der Waals surface area contributed by atoms with Crippen LogP contribution >= 0.6 is 0 Å². The number of rotatable bonds is 11. The lowest BCUT2D eigenvalue weighted by Gasteiger charge is -2.10. The van der Waals surface area contributed by atoms with Crippen LogP contribution in [0.1, 0.15) is 21.7 Å². The first kappa shape index (κ1) is 24.6. The van der Waals surface area contributed by atoms with Gasteiger partial charge in [-0.25, -0.2) is 8.42 Å². The summed E-state index contributed by atoms with van der Waals surface area (Å²) in [7, 11) is -4.27. The molecule has 178 valence electrons. The molecule has 0 aliphatic carbocycles. The number of carbonyl (C=O) groups excluding carboxylic acids is 2. The number of benzene rings is 2. The molecule has 1 aromatic heterocycles. The molecular weight excluding hydrogens is 466 g/mol. The molecule has 0 saturated heterocycles. The van der Waals surface area contributed by atoms with Gasteiger partial charge in [-0.2, -0.15) is 4.72 Å². The van der Waals surface area contributed by atoms with Gasteiger partial charge in [0.15, 0.2) is 12.4 Å². The van der Waals surface area contributed by atoms with Crippen molar-refractivity contribution in [2.24, 2.45) is 0 Å². The molecule has 34 heavy (non-hydrogen) atoms. The van der Waals surface area contributed by atoms with Gasteiger partial charge in [-0.1, -0.05) is 29.8 Å². The number of carbonyl (C=O) groups is 2. The Balaban J connectivity index is 1.59. The van der Waals surface area contributed by atoms with Gasteiger partial charge in [0.25, 0.3) is 5.69 Å². The summed E-state index contributed by atoms with van der Waals surface area (Å²) in [6, 6.07) is 13.3. The molecule has 0 bridgehead atoms. The monoisotopic (exact) mass is 487 g/mol. The number of ether oxygens (including phenoxy) is 1. The SMILES string of the molecule is Cc1ccc(C(=O)COC(=O)CNS(=O)(=O)c2ccc(NCc3ccco3)c([N+](=O)[O-])c2)cc1. The van der Waals surface area contributed by atoms with Crippen molar-refractivity contribution in [3.63, 3.8) is 0 Å². The van der Waals surface area contributed by atoms with Crippen molar-refractivity contribution in [3.8, 4) is 0 Å². The maximum absolute atomic E-state index is 12.5. The lowest BCUT2D eigenvalue weighted by atomic mass is 10.1. The number of aryl methyl sites for hydroxylation is 1. The lowest BCUT2D eigenvalue weighted by molar-refractivity contribution is -0.384. The van der Waals surface area contributed by atoms with Gasteiger partial charge in [0.05, 0.1) is 22.6 Å². The fourth-order valence-electron chi connectivity index (χ4n) is 2.83. The van der Waals surface area contributed by atoms with Crippen LogP contribution in [0.25, 0.3) is 0 Å². The summed E-state index contributed by atoms with van der Waals surface area (Å²) in [5.74, 6) is -0.883. The van der Waals surface area contributed by atoms with Crippen molar-refractivity contribution < 1.29 is 32.1 Å². The van der Waals surface area contributed by atoms with Gasteiger partial charge in [0.2, 0.25) is 10.0 Å². The largest absolute Gasteiger partial charge is 0.467 e. The van der Waals surface area contributed by atoms with Crippen LogP contribution in [0.15, 0.2) is 70.2 Å². The Labute approximate surface area is 194 Å². The fourth-order valence-corrected chi connectivity index (χ4v) is 3.82. The number of hydrogen-bond acceptors (Lipinski definition) is 9. The van der Waals surface area contributed by atoms with Gasteiger partial charge in [0, 0.05) is 11.6 Å². The summed E-state index contributed by atoms with van der Waals surface area (Å²) in [5.41, 5.74) is 0.937. The molecule has 0 amide bonds. The van der Waals surface area contributed by atoms with Crippen LogP contribution in [-0.4, -0.2) is 38.2 Å². The highest BCUT2D eigenvalue weighted by atomic mass is 32.2. The summed E-state index contributed by atoms with van der Waals surface area (Å²) in [5, 5.41) is 14.2. The zero-order chi connectivity index (χ0) is 24.7. The highest BCUT2D eigenvalue weighted by molar-refractivity contribution is 7.89. The molecule has 0 fully saturated rings. The van der Waals surface area contributed by atoms with Crippen molar-refractivity contribution in [2.75, 3.05) is 18.5 Å². The van der Waals surface area contributed by atoms with E-state index in [1.165, 1.54) is 12.3 Å². The topological polar surface area (TPSA) is 158 Å². The predicted molar refractivity (Wildman–Crippen MR) is 121 cm³/mol. The van der Waals surface area contributed by atoms with Gasteiger partial charge in [-0.05, 0) is 31.2 Å². The van der Waals surface area contributed by atoms with Crippen LogP contribution in [0.4, 0.5) is 11.4 Å². The van der Waals surface area contributed by atoms with Crippen LogP contribution in [0.5, 0.6) is 0 Å². The van der Waals surface area contributed by atoms with E-state index >= 15 is 0 Å². The molecule has 0 saturated carbocycles. The number of nitrogens with zero attached hydrogens (tertiary/aromatic N) is 1. The van der Waals surface area contributed by atoms with E-state index in [9.17, 15) is 28.1 Å². The number of hydrogen-bond donors (Lipinski definition) is 2. The fraction of sp³-hybridized carbons (Fsp3) is 0.182. The summed E-state index contributed by atoms with van der Waals surface area (Å²) in [6.45, 7) is 0.715. The molecule has 11 nitrogen and oxygen atoms in total. The second-order valence-corrected chi connectivity index (χ2v) is 8.91. The number of nitrogens with one attached hydrogen (secondary N) is 2. The van der Waals surface area contributed by atoms with E-state index in [0.717, 1.165) is 17.7 Å². The van der Waals surface area contributed by atoms with E-state index in [4.69, 9.17) is 9.15 Å². The summed E-state index contributed by atoms with van der Waals surface area (Å²) >= 11 is 0. The van der Waals surface area contributed by atoms with Crippen LogP contribution in [-0.2, 0) is 26.1 Å². The Kier molecular flexibility index (Phi) is 7.76. The number of anilines is 1. The Morgan fingerprint density at radius 1 is 1.12 bits per heavy atom. The quantitative estimate of drug-likeness (QED) is 0.179. The number of Topliss-reactive ketones (excluding diaryl/α,β-unsaturated/α-hetero) is 1. The van der Waals surface area contributed by atoms with Crippen molar-refractivity contribution in [3.05, 3.63) is 87.9 Å². The molecule has 2 aromatic carbocycles. The lowest BCUT2D eigenvalue weighted by Crippen LogP contribution is -2.31. The molecule has 12 heteroatoms. The Morgan fingerprint density at radius 3 is 2.50 bits per heavy atom. The van der Waals surface area contributed by atoms with E-state index in [2.05, 4.69) is 5.32 Å². The summed E-state index contributed by atoms with van der Waals surface area (Å²) in [6.07, 6.45) is 1.45. The summed E-state index contributed by atoms with van der Waals surface area (Å²) < 4.78 is 37.0. The predicted octanol–water partition coefficient (Wildman–Crippen LogP) is 2.81. The standard InChI is InChI=1S/C22H21N3O8S/c1-15-4-6-16(7-5-15)21(26)14-33-22(27)13-24-34(30,31)18-8-9-19(20(11-18)25(28)29)23-12-17-3-2-10-32-17/h2-11,23-24H,12-14H2,1H3. The zero-order valence-electron chi connectivity index (χ0n) is 18.0. The van der Waals surface area contributed by atoms with Gasteiger partial charge in [-0.3, -0.25) is 19.7 Å². The number of ketones is 1. The first-order valence-corrected chi connectivity index (χ1v) is 11.4.